The SMILES string of the molecule is O=C(Nc1ccccc1)C1CCN(C(=O)C2(c3ccc(F)cc3)CCC2)CC1. The van der Waals surface area contributed by atoms with Crippen LogP contribution in [0.5, 0.6) is 0 Å². The van der Waals surface area contributed by atoms with Crippen LogP contribution in [-0.2, 0) is 15.0 Å². The van der Waals surface area contributed by atoms with E-state index in [0.29, 0.717) is 25.9 Å². The van der Waals surface area contributed by atoms with E-state index in [9.17, 15) is 14.0 Å². The minimum Gasteiger partial charge on any atom is -0.342 e. The van der Waals surface area contributed by atoms with E-state index < -0.39 is 5.41 Å². The topological polar surface area (TPSA) is 49.4 Å². The van der Waals surface area contributed by atoms with Gasteiger partial charge >= 0.3 is 0 Å². The van der Waals surface area contributed by atoms with Gasteiger partial charge in [0.15, 0.2) is 0 Å². The van der Waals surface area contributed by atoms with Crippen molar-refractivity contribution in [2.24, 2.45) is 5.92 Å². The molecule has 2 aliphatic rings. The molecule has 1 aliphatic heterocycles. The fourth-order valence-corrected chi connectivity index (χ4v) is 4.34. The van der Waals surface area contributed by atoms with Gasteiger partial charge in [-0.3, -0.25) is 9.59 Å². The lowest BCUT2D eigenvalue weighted by Gasteiger charge is -2.45. The summed E-state index contributed by atoms with van der Waals surface area (Å²) in [6, 6.07) is 15.8. The molecule has 0 radical (unpaired) electrons. The number of para-hydroxylation sites is 1. The molecule has 1 aliphatic carbocycles. The average Bonchev–Trinajstić information content (AvgIpc) is 2.69. The molecule has 1 saturated heterocycles. The van der Waals surface area contributed by atoms with Crippen LogP contribution in [0.15, 0.2) is 54.6 Å². The van der Waals surface area contributed by atoms with Crippen molar-refractivity contribution >= 4 is 17.5 Å². The van der Waals surface area contributed by atoms with E-state index in [1.54, 1.807) is 12.1 Å². The zero-order chi connectivity index (χ0) is 19.6. The molecule has 0 spiro atoms. The Morgan fingerprint density at radius 2 is 1.61 bits per heavy atom. The fraction of sp³-hybridized carbons (Fsp3) is 0.391. The molecular weight excluding hydrogens is 355 g/mol. The highest BCUT2D eigenvalue weighted by Gasteiger charge is 2.48. The van der Waals surface area contributed by atoms with E-state index in [2.05, 4.69) is 5.32 Å². The summed E-state index contributed by atoms with van der Waals surface area (Å²) in [7, 11) is 0. The van der Waals surface area contributed by atoms with Crippen LogP contribution < -0.4 is 5.32 Å². The molecule has 4 nitrogen and oxygen atoms in total. The molecule has 146 valence electrons. The Morgan fingerprint density at radius 3 is 2.18 bits per heavy atom. The van der Waals surface area contributed by atoms with Gasteiger partial charge in [-0.1, -0.05) is 36.8 Å². The number of rotatable bonds is 4. The lowest BCUT2D eigenvalue weighted by atomic mass is 9.63. The van der Waals surface area contributed by atoms with Gasteiger partial charge in [0.1, 0.15) is 5.82 Å². The molecule has 1 heterocycles. The molecule has 0 atom stereocenters. The third-order valence-electron chi connectivity index (χ3n) is 6.21. The Balaban J connectivity index is 1.38. The first-order chi connectivity index (χ1) is 13.6. The number of carbonyl (C=O) groups excluding carboxylic acids is 2. The molecule has 0 aromatic heterocycles. The van der Waals surface area contributed by atoms with E-state index in [1.807, 2.05) is 35.2 Å². The number of halogens is 1. The number of hydrogen-bond acceptors (Lipinski definition) is 2. The molecule has 2 fully saturated rings. The Labute approximate surface area is 164 Å². The predicted octanol–water partition coefficient (Wildman–Crippen LogP) is 4.12. The number of nitrogens with one attached hydrogen (secondary N) is 1. The van der Waals surface area contributed by atoms with Crippen molar-refractivity contribution in [2.75, 3.05) is 18.4 Å². The summed E-state index contributed by atoms with van der Waals surface area (Å²) in [6.45, 7) is 1.18. The van der Waals surface area contributed by atoms with Crippen LogP contribution >= 0.6 is 0 Å². The predicted molar refractivity (Wildman–Crippen MR) is 106 cm³/mol. The first-order valence-corrected chi connectivity index (χ1v) is 10.00. The third kappa shape index (κ3) is 3.53. The van der Waals surface area contributed by atoms with Crippen LogP contribution in [0.2, 0.25) is 0 Å². The molecule has 0 bridgehead atoms. The summed E-state index contributed by atoms with van der Waals surface area (Å²) in [5, 5.41) is 2.96. The van der Waals surface area contributed by atoms with Crippen LogP contribution in [0, 0.1) is 11.7 Å². The number of carbonyl (C=O) groups is 2. The summed E-state index contributed by atoms with van der Waals surface area (Å²) in [5.74, 6) is -0.203. The summed E-state index contributed by atoms with van der Waals surface area (Å²) in [4.78, 5) is 27.7. The van der Waals surface area contributed by atoms with Gasteiger partial charge in [0.05, 0.1) is 5.41 Å². The minimum atomic E-state index is -0.507. The quantitative estimate of drug-likeness (QED) is 0.867. The van der Waals surface area contributed by atoms with E-state index >= 15 is 0 Å². The summed E-state index contributed by atoms with van der Waals surface area (Å²) < 4.78 is 13.3. The van der Waals surface area contributed by atoms with Gasteiger partial charge in [0.25, 0.3) is 0 Å². The minimum absolute atomic E-state index is 0.0233. The number of anilines is 1. The second kappa shape index (κ2) is 7.74. The van der Waals surface area contributed by atoms with Gasteiger partial charge in [-0.15, -0.1) is 0 Å². The van der Waals surface area contributed by atoms with E-state index in [1.165, 1.54) is 12.1 Å². The van der Waals surface area contributed by atoms with Gasteiger partial charge in [-0.05, 0) is 55.5 Å². The highest BCUT2D eigenvalue weighted by molar-refractivity contribution is 5.93. The molecular formula is C23H25FN2O2. The highest BCUT2D eigenvalue weighted by atomic mass is 19.1. The summed E-state index contributed by atoms with van der Waals surface area (Å²) in [6.07, 6.45) is 3.98. The molecule has 4 rings (SSSR count). The number of amides is 2. The largest absolute Gasteiger partial charge is 0.342 e. The number of hydrogen-bond donors (Lipinski definition) is 1. The summed E-state index contributed by atoms with van der Waals surface area (Å²) >= 11 is 0. The van der Waals surface area contributed by atoms with E-state index in [0.717, 1.165) is 30.5 Å². The molecule has 5 heteroatoms. The zero-order valence-corrected chi connectivity index (χ0v) is 15.9. The lowest BCUT2D eigenvalue weighted by molar-refractivity contribution is -0.143. The molecule has 28 heavy (non-hydrogen) atoms. The standard InChI is InChI=1S/C23H25FN2O2/c24-19-9-7-18(8-10-19)23(13-4-14-23)22(28)26-15-11-17(12-16-26)21(27)25-20-5-2-1-3-6-20/h1-3,5-10,17H,4,11-16H2,(H,25,27). The average molecular weight is 380 g/mol. The second-order valence-corrected chi connectivity index (χ2v) is 7.86. The van der Waals surface area contributed by atoms with Crippen molar-refractivity contribution in [3.63, 3.8) is 0 Å². The third-order valence-corrected chi connectivity index (χ3v) is 6.21. The first kappa shape index (κ1) is 18.7. The Hall–Kier alpha value is -2.69. The van der Waals surface area contributed by atoms with Crippen molar-refractivity contribution in [2.45, 2.75) is 37.5 Å². The van der Waals surface area contributed by atoms with Crippen molar-refractivity contribution in [1.29, 1.82) is 0 Å². The maximum atomic E-state index is 13.3. The second-order valence-electron chi connectivity index (χ2n) is 7.86. The Morgan fingerprint density at radius 1 is 0.964 bits per heavy atom. The summed E-state index contributed by atoms with van der Waals surface area (Å²) in [5.41, 5.74) is 1.21. The van der Waals surface area contributed by atoms with Gasteiger partial charge in [-0.25, -0.2) is 4.39 Å². The molecule has 2 aromatic rings. The molecule has 0 unspecified atom stereocenters. The maximum absolute atomic E-state index is 13.3. The molecule has 2 aromatic carbocycles. The maximum Gasteiger partial charge on any atom is 0.233 e. The fourth-order valence-electron chi connectivity index (χ4n) is 4.34. The van der Waals surface area contributed by atoms with E-state index in [-0.39, 0.29) is 23.5 Å². The van der Waals surface area contributed by atoms with Crippen molar-refractivity contribution in [1.82, 2.24) is 4.90 Å². The smallest absolute Gasteiger partial charge is 0.233 e. The number of piperidine rings is 1. The van der Waals surface area contributed by atoms with Crippen molar-refractivity contribution in [3.05, 3.63) is 66.0 Å². The van der Waals surface area contributed by atoms with Gasteiger partial charge in [0.2, 0.25) is 11.8 Å². The molecule has 1 saturated carbocycles. The highest BCUT2D eigenvalue weighted by Crippen LogP contribution is 2.45. The number of likely N-dealkylation sites (tertiary alicyclic amines) is 1. The first-order valence-electron chi connectivity index (χ1n) is 10.00. The van der Waals surface area contributed by atoms with Crippen molar-refractivity contribution < 1.29 is 14.0 Å². The number of benzene rings is 2. The van der Waals surface area contributed by atoms with E-state index in [4.69, 9.17) is 0 Å². The Bertz CT molecular complexity index is 839. The Kier molecular flexibility index (Phi) is 5.16. The van der Waals surface area contributed by atoms with Gasteiger partial charge in [-0.2, -0.15) is 0 Å². The molecule has 1 N–H and O–H groups in total. The van der Waals surface area contributed by atoms with Gasteiger partial charge in [0, 0.05) is 24.7 Å². The van der Waals surface area contributed by atoms with Crippen LogP contribution in [0.3, 0.4) is 0 Å². The zero-order valence-electron chi connectivity index (χ0n) is 15.9. The van der Waals surface area contributed by atoms with Crippen LogP contribution in [0.4, 0.5) is 10.1 Å². The number of nitrogens with zero attached hydrogens (tertiary/aromatic N) is 1. The monoisotopic (exact) mass is 380 g/mol. The van der Waals surface area contributed by atoms with Crippen LogP contribution in [-0.4, -0.2) is 29.8 Å². The lowest BCUT2D eigenvalue weighted by Crippen LogP contribution is -2.53. The van der Waals surface area contributed by atoms with Crippen LogP contribution in [0.1, 0.15) is 37.7 Å². The van der Waals surface area contributed by atoms with Crippen LogP contribution in [0.25, 0.3) is 0 Å². The normalized spacial score (nSPS) is 19.0. The molecule has 2 amide bonds. The van der Waals surface area contributed by atoms with Gasteiger partial charge < -0.3 is 10.2 Å². The van der Waals surface area contributed by atoms with Crippen molar-refractivity contribution in [3.8, 4) is 0 Å².